The van der Waals surface area contributed by atoms with E-state index in [1.165, 1.54) is 7.11 Å². The zero-order chi connectivity index (χ0) is 9.19. The summed E-state index contributed by atoms with van der Waals surface area (Å²) in [5.41, 5.74) is -0.170. The number of methoxy groups -OCH3 is 1. The van der Waals surface area contributed by atoms with Crippen LogP contribution in [0.3, 0.4) is 0 Å². The van der Waals surface area contributed by atoms with Crippen LogP contribution in [0.1, 0.15) is 26.7 Å². The molecule has 0 spiro atoms. The van der Waals surface area contributed by atoms with Crippen LogP contribution >= 0.6 is 0 Å². The number of hydrogen-bond acceptors (Lipinski definition) is 3. The van der Waals surface area contributed by atoms with E-state index >= 15 is 0 Å². The van der Waals surface area contributed by atoms with Crippen molar-refractivity contribution in [3.05, 3.63) is 0 Å². The smallest absolute Gasteiger partial charge is 0.308 e. The maximum atomic E-state index is 11.2. The molecule has 12 heavy (non-hydrogen) atoms. The van der Waals surface area contributed by atoms with Crippen molar-refractivity contribution in [2.45, 2.75) is 32.3 Å². The summed E-state index contributed by atoms with van der Waals surface area (Å²) in [6.45, 7) is 4.66. The molecule has 0 radical (unpaired) electrons. The minimum absolute atomic E-state index is 0.0266. The first-order valence-electron chi connectivity index (χ1n) is 4.27. The SMILES string of the molecule is COC(=O)[C@@H]1CCOC(C)(C)C1. The van der Waals surface area contributed by atoms with Gasteiger partial charge in [0.15, 0.2) is 0 Å². The van der Waals surface area contributed by atoms with Crippen molar-refractivity contribution in [3.63, 3.8) is 0 Å². The van der Waals surface area contributed by atoms with Crippen molar-refractivity contribution in [3.8, 4) is 0 Å². The third-order valence-electron chi connectivity index (χ3n) is 2.23. The van der Waals surface area contributed by atoms with Gasteiger partial charge in [-0.1, -0.05) is 0 Å². The fraction of sp³-hybridized carbons (Fsp3) is 0.889. The van der Waals surface area contributed by atoms with Crippen LogP contribution in [0.15, 0.2) is 0 Å². The van der Waals surface area contributed by atoms with E-state index in [9.17, 15) is 4.79 Å². The first-order chi connectivity index (χ1) is 5.55. The minimum Gasteiger partial charge on any atom is -0.469 e. The molecule has 0 amide bonds. The molecule has 0 aliphatic carbocycles. The highest BCUT2D eigenvalue weighted by molar-refractivity contribution is 5.72. The molecule has 1 rings (SSSR count). The molecule has 3 nitrogen and oxygen atoms in total. The van der Waals surface area contributed by atoms with Gasteiger partial charge in [-0.2, -0.15) is 0 Å². The van der Waals surface area contributed by atoms with Crippen LogP contribution in [-0.2, 0) is 14.3 Å². The molecule has 1 saturated heterocycles. The number of ether oxygens (including phenoxy) is 2. The van der Waals surface area contributed by atoms with Crippen molar-refractivity contribution in [2.75, 3.05) is 13.7 Å². The van der Waals surface area contributed by atoms with Crippen LogP contribution in [0.25, 0.3) is 0 Å². The summed E-state index contributed by atoms with van der Waals surface area (Å²) in [5, 5.41) is 0. The Bertz CT molecular complexity index is 175. The Morgan fingerprint density at radius 1 is 1.58 bits per heavy atom. The molecule has 0 saturated carbocycles. The van der Waals surface area contributed by atoms with Crippen LogP contribution in [0.2, 0.25) is 0 Å². The zero-order valence-electron chi connectivity index (χ0n) is 7.92. The quantitative estimate of drug-likeness (QED) is 0.560. The van der Waals surface area contributed by atoms with Crippen LogP contribution in [0.4, 0.5) is 0 Å². The number of carbonyl (C=O) groups excluding carboxylic acids is 1. The Morgan fingerprint density at radius 2 is 2.25 bits per heavy atom. The number of hydrogen-bond donors (Lipinski definition) is 0. The highest BCUT2D eigenvalue weighted by Crippen LogP contribution is 2.28. The molecule has 3 heteroatoms. The molecule has 1 atom stereocenters. The Kier molecular flexibility index (Phi) is 2.73. The van der Waals surface area contributed by atoms with Crippen LogP contribution in [0.5, 0.6) is 0 Å². The van der Waals surface area contributed by atoms with Crippen molar-refractivity contribution < 1.29 is 14.3 Å². The van der Waals surface area contributed by atoms with E-state index in [4.69, 9.17) is 4.74 Å². The molecule has 0 unspecified atom stereocenters. The fourth-order valence-electron chi connectivity index (χ4n) is 1.60. The molecule has 0 aromatic carbocycles. The van der Waals surface area contributed by atoms with Crippen molar-refractivity contribution in [1.82, 2.24) is 0 Å². The average Bonchev–Trinajstić information content (AvgIpc) is 2.01. The van der Waals surface area contributed by atoms with Crippen molar-refractivity contribution in [1.29, 1.82) is 0 Å². The summed E-state index contributed by atoms with van der Waals surface area (Å²) in [6.07, 6.45) is 1.55. The number of esters is 1. The van der Waals surface area contributed by atoms with Crippen molar-refractivity contribution >= 4 is 5.97 Å². The van der Waals surface area contributed by atoms with Gasteiger partial charge in [-0.25, -0.2) is 0 Å². The van der Waals surface area contributed by atoms with Gasteiger partial charge in [0.25, 0.3) is 0 Å². The lowest BCUT2D eigenvalue weighted by atomic mass is 9.88. The molecule has 0 aromatic heterocycles. The third kappa shape index (κ3) is 2.21. The third-order valence-corrected chi connectivity index (χ3v) is 2.23. The summed E-state index contributed by atoms with van der Waals surface area (Å²) in [6, 6.07) is 0. The van der Waals surface area contributed by atoms with Gasteiger partial charge < -0.3 is 9.47 Å². The summed E-state index contributed by atoms with van der Waals surface area (Å²) in [4.78, 5) is 11.2. The molecule has 1 fully saturated rings. The second-order valence-corrected chi connectivity index (χ2v) is 3.82. The monoisotopic (exact) mass is 172 g/mol. The summed E-state index contributed by atoms with van der Waals surface area (Å²) in [5.74, 6) is -0.0786. The normalized spacial score (nSPS) is 28.1. The van der Waals surface area contributed by atoms with Gasteiger partial charge >= 0.3 is 5.97 Å². The van der Waals surface area contributed by atoms with Gasteiger partial charge in [0.1, 0.15) is 0 Å². The first-order valence-corrected chi connectivity index (χ1v) is 4.27. The lowest BCUT2D eigenvalue weighted by molar-refractivity contribution is -0.155. The maximum Gasteiger partial charge on any atom is 0.308 e. The molecular weight excluding hydrogens is 156 g/mol. The lowest BCUT2D eigenvalue weighted by Crippen LogP contribution is -2.37. The molecule has 1 heterocycles. The molecule has 70 valence electrons. The van der Waals surface area contributed by atoms with Crippen LogP contribution < -0.4 is 0 Å². The Hall–Kier alpha value is -0.570. The molecule has 0 aromatic rings. The summed E-state index contributed by atoms with van der Waals surface area (Å²) in [7, 11) is 1.44. The highest BCUT2D eigenvalue weighted by Gasteiger charge is 2.33. The van der Waals surface area contributed by atoms with E-state index < -0.39 is 0 Å². The Labute approximate surface area is 73.0 Å². The van der Waals surface area contributed by atoms with Gasteiger partial charge in [0.05, 0.1) is 18.6 Å². The zero-order valence-corrected chi connectivity index (χ0v) is 7.92. The average molecular weight is 172 g/mol. The van der Waals surface area contributed by atoms with E-state index in [1.807, 2.05) is 13.8 Å². The molecule has 1 aliphatic rings. The minimum atomic E-state index is -0.170. The van der Waals surface area contributed by atoms with Gasteiger partial charge in [0.2, 0.25) is 0 Å². The predicted molar refractivity (Wildman–Crippen MR) is 44.8 cm³/mol. The topological polar surface area (TPSA) is 35.5 Å². The molecule has 1 aliphatic heterocycles. The van der Waals surface area contributed by atoms with Gasteiger partial charge in [-0.05, 0) is 26.7 Å². The molecule has 0 bridgehead atoms. The maximum absolute atomic E-state index is 11.2. The van der Waals surface area contributed by atoms with Crippen LogP contribution in [0, 0.1) is 5.92 Å². The van der Waals surface area contributed by atoms with Crippen LogP contribution in [-0.4, -0.2) is 25.3 Å². The van der Waals surface area contributed by atoms with E-state index in [1.54, 1.807) is 0 Å². The first kappa shape index (κ1) is 9.52. The Morgan fingerprint density at radius 3 is 2.75 bits per heavy atom. The second-order valence-electron chi connectivity index (χ2n) is 3.82. The largest absolute Gasteiger partial charge is 0.469 e. The number of rotatable bonds is 1. The fourth-order valence-corrected chi connectivity index (χ4v) is 1.60. The summed E-state index contributed by atoms with van der Waals surface area (Å²) < 4.78 is 10.2. The molecular formula is C9H16O3. The molecule has 0 N–H and O–H groups in total. The lowest BCUT2D eigenvalue weighted by Gasteiger charge is -2.33. The van der Waals surface area contributed by atoms with Crippen molar-refractivity contribution in [2.24, 2.45) is 5.92 Å². The van der Waals surface area contributed by atoms with E-state index in [0.29, 0.717) is 6.61 Å². The van der Waals surface area contributed by atoms with E-state index in [2.05, 4.69) is 4.74 Å². The number of carbonyl (C=O) groups is 1. The van der Waals surface area contributed by atoms with Gasteiger partial charge in [-0.15, -0.1) is 0 Å². The predicted octanol–water partition coefficient (Wildman–Crippen LogP) is 1.36. The van der Waals surface area contributed by atoms with Gasteiger partial charge in [-0.3, -0.25) is 4.79 Å². The Balaban J connectivity index is 2.52. The highest BCUT2D eigenvalue weighted by atomic mass is 16.5. The summed E-state index contributed by atoms with van der Waals surface area (Å²) >= 11 is 0. The second kappa shape index (κ2) is 3.44. The van der Waals surface area contributed by atoms with E-state index in [0.717, 1.165) is 12.8 Å². The standard InChI is InChI=1S/C9H16O3/c1-9(2)6-7(4-5-12-9)8(10)11-3/h7H,4-6H2,1-3H3/t7-/m1/s1. The van der Waals surface area contributed by atoms with Gasteiger partial charge in [0, 0.05) is 6.61 Å². The van der Waals surface area contributed by atoms with E-state index in [-0.39, 0.29) is 17.5 Å².